The van der Waals surface area contributed by atoms with E-state index in [4.69, 9.17) is 14.2 Å². The van der Waals surface area contributed by atoms with Crippen LogP contribution in [0.3, 0.4) is 0 Å². The van der Waals surface area contributed by atoms with Crippen LogP contribution in [0.4, 0.5) is 5.69 Å². The lowest BCUT2D eigenvalue weighted by Crippen LogP contribution is -2.39. The first-order valence-corrected chi connectivity index (χ1v) is 10.1. The number of nitrogens with zero attached hydrogens (tertiary/aromatic N) is 2. The second-order valence-corrected chi connectivity index (χ2v) is 7.16. The van der Waals surface area contributed by atoms with Gasteiger partial charge in [0, 0.05) is 32.2 Å². The monoisotopic (exact) mass is 429 g/mol. The number of benzene rings is 2. The Hall–Kier alpha value is -3.17. The molecule has 3 rings (SSSR count). The van der Waals surface area contributed by atoms with Crippen molar-refractivity contribution in [1.82, 2.24) is 10.2 Å². The standard InChI is InChI=1S/C22H27N3O6/c1-29-19-13-17(18(25(27)28)14-20(19)30-2)22(26)23-9-6-10-24-11-12-31-21(15-24)16-7-4-3-5-8-16/h3-5,7-8,13-14,21H,6,9-12,15H2,1-2H3,(H,23,26). The van der Waals surface area contributed by atoms with Crippen LogP contribution in [0.1, 0.15) is 28.4 Å². The van der Waals surface area contributed by atoms with E-state index in [9.17, 15) is 14.9 Å². The molecule has 9 nitrogen and oxygen atoms in total. The van der Waals surface area contributed by atoms with Crippen LogP contribution in [0.15, 0.2) is 42.5 Å². The summed E-state index contributed by atoms with van der Waals surface area (Å²) in [6.45, 7) is 3.47. The maximum absolute atomic E-state index is 12.6. The second kappa shape index (κ2) is 10.7. The first kappa shape index (κ1) is 22.5. The summed E-state index contributed by atoms with van der Waals surface area (Å²) in [6, 6.07) is 12.6. The van der Waals surface area contributed by atoms with E-state index in [0.29, 0.717) is 19.6 Å². The lowest BCUT2D eigenvalue weighted by atomic mass is 10.1. The van der Waals surface area contributed by atoms with Gasteiger partial charge in [-0.05, 0) is 12.0 Å². The molecule has 0 bridgehead atoms. The number of methoxy groups -OCH3 is 2. The third-order valence-electron chi connectivity index (χ3n) is 5.20. The van der Waals surface area contributed by atoms with Crippen LogP contribution < -0.4 is 14.8 Å². The van der Waals surface area contributed by atoms with Gasteiger partial charge in [-0.15, -0.1) is 0 Å². The number of rotatable bonds is 9. The first-order valence-electron chi connectivity index (χ1n) is 10.1. The molecule has 0 aromatic heterocycles. The Kier molecular flexibility index (Phi) is 7.80. The fraction of sp³-hybridized carbons (Fsp3) is 0.409. The fourth-order valence-electron chi connectivity index (χ4n) is 3.58. The minimum Gasteiger partial charge on any atom is -0.493 e. The predicted molar refractivity (Wildman–Crippen MR) is 115 cm³/mol. The predicted octanol–water partition coefficient (Wildman–Crippen LogP) is 2.81. The lowest BCUT2D eigenvalue weighted by Gasteiger charge is -2.33. The molecule has 1 saturated heterocycles. The van der Waals surface area contributed by atoms with Gasteiger partial charge in [0.05, 0.1) is 37.9 Å². The zero-order chi connectivity index (χ0) is 22.2. The van der Waals surface area contributed by atoms with Crippen LogP contribution in [0, 0.1) is 10.1 Å². The molecule has 0 spiro atoms. The van der Waals surface area contributed by atoms with Gasteiger partial charge in [0.2, 0.25) is 0 Å². The summed E-state index contributed by atoms with van der Waals surface area (Å²) in [6.07, 6.45) is 0.757. The SMILES string of the molecule is COc1cc(C(=O)NCCCN2CCOC(c3ccccc3)C2)c([N+](=O)[O-])cc1OC. The second-order valence-electron chi connectivity index (χ2n) is 7.16. The van der Waals surface area contributed by atoms with Crippen molar-refractivity contribution in [2.45, 2.75) is 12.5 Å². The quantitative estimate of drug-likeness (QED) is 0.371. The van der Waals surface area contributed by atoms with E-state index in [0.717, 1.165) is 25.2 Å². The number of nitrogens with one attached hydrogen (secondary N) is 1. The van der Waals surface area contributed by atoms with Crippen molar-refractivity contribution in [3.05, 3.63) is 63.7 Å². The number of carbonyl (C=O) groups is 1. The van der Waals surface area contributed by atoms with Gasteiger partial charge in [-0.3, -0.25) is 19.8 Å². The van der Waals surface area contributed by atoms with Gasteiger partial charge >= 0.3 is 0 Å². The van der Waals surface area contributed by atoms with Gasteiger partial charge in [-0.25, -0.2) is 0 Å². The molecule has 1 amide bonds. The van der Waals surface area contributed by atoms with E-state index in [2.05, 4.69) is 22.3 Å². The normalized spacial score (nSPS) is 16.5. The summed E-state index contributed by atoms with van der Waals surface area (Å²) in [5.74, 6) is -0.0543. The largest absolute Gasteiger partial charge is 0.493 e. The van der Waals surface area contributed by atoms with Gasteiger partial charge < -0.3 is 19.5 Å². The van der Waals surface area contributed by atoms with Crippen LogP contribution in [-0.4, -0.2) is 62.7 Å². The topological polar surface area (TPSA) is 103 Å². The average Bonchev–Trinajstić information content (AvgIpc) is 2.81. The number of nitro benzene ring substituents is 1. The molecule has 9 heteroatoms. The zero-order valence-electron chi connectivity index (χ0n) is 17.7. The third kappa shape index (κ3) is 5.71. The molecule has 0 radical (unpaired) electrons. The summed E-state index contributed by atoms with van der Waals surface area (Å²) in [7, 11) is 2.80. The van der Waals surface area contributed by atoms with Crippen LogP contribution in [0.5, 0.6) is 11.5 Å². The van der Waals surface area contributed by atoms with Gasteiger partial charge in [-0.1, -0.05) is 30.3 Å². The van der Waals surface area contributed by atoms with E-state index >= 15 is 0 Å². The van der Waals surface area contributed by atoms with Gasteiger partial charge in [-0.2, -0.15) is 0 Å². The Morgan fingerprint density at radius 2 is 1.94 bits per heavy atom. The lowest BCUT2D eigenvalue weighted by molar-refractivity contribution is -0.385. The van der Waals surface area contributed by atoms with E-state index in [-0.39, 0.29) is 28.9 Å². The molecule has 166 valence electrons. The van der Waals surface area contributed by atoms with Crippen molar-refractivity contribution >= 4 is 11.6 Å². The molecule has 1 aliphatic heterocycles. The molecule has 2 aromatic rings. The highest BCUT2D eigenvalue weighted by molar-refractivity contribution is 5.99. The average molecular weight is 429 g/mol. The molecule has 1 unspecified atom stereocenters. The molecule has 1 atom stereocenters. The van der Waals surface area contributed by atoms with Crippen LogP contribution in [-0.2, 0) is 4.74 Å². The molecular weight excluding hydrogens is 402 g/mol. The van der Waals surface area contributed by atoms with Crippen molar-refractivity contribution < 1.29 is 23.9 Å². The van der Waals surface area contributed by atoms with Gasteiger partial charge in [0.1, 0.15) is 5.56 Å². The van der Waals surface area contributed by atoms with Crippen molar-refractivity contribution in [1.29, 1.82) is 0 Å². The third-order valence-corrected chi connectivity index (χ3v) is 5.20. The van der Waals surface area contributed by atoms with Crippen molar-refractivity contribution in [3.63, 3.8) is 0 Å². The molecule has 1 aliphatic rings. The smallest absolute Gasteiger partial charge is 0.286 e. The van der Waals surface area contributed by atoms with Gasteiger partial charge in [0.25, 0.3) is 11.6 Å². The first-order chi connectivity index (χ1) is 15.0. The highest BCUT2D eigenvalue weighted by Crippen LogP contribution is 2.34. The summed E-state index contributed by atoms with van der Waals surface area (Å²) in [5, 5.41) is 14.2. The van der Waals surface area contributed by atoms with E-state index in [1.54, 1.807) is 0 Å². The number of nitro groups is 1. The van der Waals surface area contributed by atoms with Crippen molar-refractivity contribution in [2.24, 2.45) is 0 Å². The summed E-state index contributed by atoms with van der Waals surface area (Å²) in [4.78, 5) is 25.7. The molecule has 1 fully saturated rings. The minimum atomic E-state index is -0.603. The number of hydrogen-bond acceptors (Lipinski definition) is 7. The van der Waals surface area contributed by atoms with Crippen LogP contribution >= 0.6 is 0 Å². The highest BCUT2D eigenvalue weighted by Gasteiger charge is 2.25. The van der Waals surface area contributed by atoms with E-state index in [1.807, 2.05) is 18.2 Å². The summed E-state index contributed by atoms with van der Waals surface area (Å²) < 4.78 is 16.1. The Morgan fingerprint density at radius 1 is 1.23 bits per heavy atom. The maximum Gasteiger partial charge on any atom is 0.286 e. The van der Waals surface area contributed by atoms with Crippen molar-refractivity contribution in [3.8, 4) is 11.5 Å². The maximum atomic E-state index is 12.6. The number of hydrogen-bond donors (Lipinski definition) is 1. The number of morpholine rings is 1. The Morgan fingerprint density at radius 3 is 2.61 bits per heavy atom. The van der Waals surface area contributed by atoms with E-state index < -0.39 is 10.8 Å². The van der Waals surface area contributed by atoms with E-state index in [1.165, 1.54) is 26.4 Å². The van der Waals surface area contributed by atoms with Crippen LogP contribution in [0.25, 0.3) is 0 Å². The molecule has 1 N–H and O–H groups in total. The molecule has 2 aromatic carbocycles. The number of ether oxygens (including phenoxy) is 3. The number of carbonyl (C=O) groups excluding carboxylic acids is 1. The number of amides is 1. The molecule has 31 heavy (non-hydrogen) atoms. The highest BCUT2D eigenvalue weighted by atomic mass is 16.6. The molecule has 1 heterocycles. The molecular formula is C22H27N3O6. The Balaban J connectivity index is 1.54. The Bertz CT molecular complexity index is 906. The Labute approximate surface area is 181 Å². The zero-order valence-corrected chi connectivity index (χ0v) is 17.7. The minimum absolute atomic E-state index is 0.0407. The molecule has 0 aliphatic carbocycles. The van der Waals surface area contributed by atoms with Crippen molar-refractivity contribution in [2.75, 3.05) is 47.0 Å². The fourth-order valence-corrected chi connectivity index (χ4v) is 3.58. The van der Waals surface area contributed by atoms with Gasteiger partial charge in [0.15, 0.2) is 11.5 Å². The summed E-state index contributed by atoms with van der Waals surface area (Å²) >= 11 is 0. The summed E-state index contributed by atoms with van der Waals surface area (Å²) in [5.41, 5.74) is 0.772. The molecule has 0 saturated carbocycles. The van der Waals surface area contributed by atoms with Crippen LogP contribution in [0.2, 0.25) is 0 Å².